The van der Waals surface area contributed by atoms with Crippen LogP contribution in [0.5, 0.6) is 0 Å². The zero-order valence-corrected chi connectivity index (χ0v) is 15.2. The fourth-order valence-corrected chi connectivity index (χ4v) is 3.08. The first-order chi connectivity index (χ1) is 11.8. The Labute approximate surface area is 148 Å². The molecule has 0 atom stereocenters. The molecule has 1 fully saturated rings. The van der Waals surface area contributed by atoms with Crippen LogP contribution in [-0.4, -0.2) is 33.3 Å². The first-order valence-corrected chi connectivity index (χ1v) is 10.0. The van der Waals surface area contributed by atoms with Crippen molar-refractivity contribution in [3.63, 3.8) is 0 Å². The minimum absolute atomic E-state index is 0.0565. The lowest BCUT2D eigenvalue weighted by Gasteiger charge is -2.15. The molecule has 138 valence electrons. The van der Waals surface area contributed by atoms with Crippen LogP contribution in [-0.2, 0) is 26.0 Å². The number of amides is 2. The zero-order valence-electron chi connectivity index (χ0n) is 14.4. The molecule has 0 bridgehead atoms. The van der Waals surface area contributed by atoms with Crippen molar-refractivity contribution < 1.29 is 18.0 Å². The molecular formula is C17H25N3O4S. The van der Waals surface area contributed by atoms with Crippen LogP contribution in [0.15, 0.2) is 29.2 Å². The molecule has 2 amide bonds. The summed E-state index contributed by atoms with van der Waals surface area (Å²) in [7, 11) is -3.70. The van der Waals surface area contributed by atoms with Gasteiger partial charge in [0.25, 0.3) is 0 Å². The Balaban J connectivity index is 1.81. The van der Waals surface area contributed by atoms with Gasteiger partial charge in [0.15, 0.2) is 0 Å². The zero-order chi connectivity index (χ0) is 18.5. The maximum absolute atomic E-state index is 12.3. The lowest BCUT2D eigenvalue weighted by Crippen LogP contribution is -2.43. The number of unbranched alkanes of at least 4 members (excludes halogenated alkanes) is 1. The first-order valence-electron chi connectivity index (χ1n) is 8.48. The van der Waals surface area contributed by atoms with Gasteiger partial charge < -0.3 is 10.6 Å². The largest absolute Gasteiger partial charge is 0.355 e. The summed E-state index contributed by atoms with van der Waals surface area (Å²) in [4.78, 5) is 24.5. The van der Waals surface area contributed by atoms with Gasteiger partial charge in [-0.05, 0) is 43.4 Å². The summed E-state index contributed by atoms with van der Waals surface area (Å²) in [6.07, 6.45) is 3.60. The second kappa shape index (κ2) is 7.97. The molecule has 4 N–H and O–H groups in total. The molecule has 1 saturated carbocycles. The Kier molecular flexibility index (Phi) is 6.18. The average molecular weight is 367 g/mol. The van der Waals surface area contributed by atoms with Gasteiger partial charge in [-0.15, -0.1) is 0 Å². The number of carbonyl (C=O) groups is 2. The summed E-state index contributed by atoms with van der Waals surface area (Å²) >= 11 is 0. The Morgan fingerprint density at radius 3 is 2.12 bits per heavy atom. The van der Waals surface area contributed by atoms with Crippen LogP contribution >= 0.6 is 0 Å². The minimum Gasteiger partial charge on any atom is -0.355 e. The van der Waals surface area contributed by atoms with Gasteiger partial charge in [-0.2, -0.15) is 0 Å². The Bertz CT molecular complexity index is 725. The minimum atomic E-state index is -3.70. The highest BCUT2D eigenvalue weighted by Gasteiger charge is 2.56. The third-order valence-corrected chi connectivity index (χ3v) is 5.32. The van der Waals surface area contributed by atoms with Gasteiger partial charge in [0.2, 0.25) is 21.8 Å². The van der Waals surface area contributed by atoms with Gasteiger partial charge in [-0.25, -0.2) is 13.6 Å². The predicted octanol–water partition coefficient (Wildman–Crippen LogP) is 0.689. The van der Waals surface area contributed by atoms with Crippen molar-refractivity contribution >= 4 is 21.8 Å². The van der Waals surface area contributed by atoms with Crippen LogP contribution in [0.3, 0.4) is 0 Å². The highest BCUT2D eigenvalue weighted by atomic mass is 32.2. The van der Waals surface area contributed by atoms with E-state index in [2.05, 4.69) is 10.6 Å². The molecule has 1 aliphatic carbocycles. The smallest absolute Gasteiger partial charge is 0.238 e. The molecule has 8 heteroatoms. The SMILES string of the molecule is CCCCNC(=O)C1(C(=O)NCCc2ccc(S(N)(=O)=O)cc2)CC1. The Hall–Kier alpha value is -1.93. The van der Waals surface area contributed by atoms with E-state index in [4.69, 9.17) is 5.14 Å². The van der Waals surface area contributed by atoms with E-state index < -0.39 is 15.4 Å². The van der Waals surface area contributed by atoms with Gasteiger partial charge in [0.05, 0.1) is 4.90 Å². The van der Waals surface area contributed by atoms with Gasteiger partial charge in [-0.3, -0.25) is 9.59 Å². The summed E-state index contributed by atoms with van der Waals surface area (Å²) in [5.74, 6) is -0.418. The number of rotatable bonds is 9. The molecule has 2 rings (SSSR count). The van der Waals surface area contributed by atoms with Crippen molar-refractivity contribution in [2.45, 2.75) is 43.9 Å². The normalized spacial score (nSPS) is 15.4. The lowest BCUT2D eigenvalue weighted by atomic mass is 10.0. The second-order valence-electron chi connectivity index (χ2n) is 6.39. The molecule has 25 heavy (non-hydrogen) atoms. The number of hydrogen-bond donors (Lipinski definition) is 3. The molecule has 7 nitrogen and oxygen atoms in total. The molecule has 1 aliphatic rings. The molecule has 1 aromatic carbocycles. The third kappa shape index (κ3) is 5.02. The number of nitrogens with one attached hydrogen (secondary N) is 2. The number of sulfonamides is 1. The summed E-state index contributed by atoms with van der Waals surface area (Å²) < 4.78 is 22.4. The number of primary sulfonamides is 1. The van der Waals surface area contributed by atoms with Crippen LogP contribution in [0.1, 0.15) is 38.2 Å². The molecule has 0 aromatic heterocycles. The van der Waals surface area contributed by atoms with Crippen molar-refractivity contribution in [2.75, 3.05) is 13.1 Å². The fourth-order valence-electron chi connectivity index (χ4n) is 2.57. The van der Waals surface area contributed by atoms with E-state index in [1.54, 1.807) is 12.1 Å². The van der Waals surface area contributed by atoms with E-state index in [-0.39, 0.29) is 16.7 Å². The van der Waals surface area contributed by atoms with Crippen molar-refractivity contribution in [3.8, 4) is 0 Å². The van der Waals surface area contributed by atoms with Crippen molar-refractivity contribution in [1.29, 1.82) is 0 Å². The Morgan fingerprint density at radius 1 is 1.08 bits per heavy atom. The van der Waals surface area contributed by atoms with E-state index in [1.165, 1.54) is 12.1 Å². The lowest BCUT2D eigenvalue weighted by molar-refractivity contribution is -0.137. The monoisotopic (exact) mass is 367 g/mol. The third-order valence-electron chi connectivity index (χ3n) is 4.39. The summed E-state index contributed by atoms with van der Waals surface area (Å²) in [6.45, 7) is 3.03. The van der Waals surface area contributed by atoms with Crippen molar-refractivity contribution in [3.05, 3.63) is 29.8 Å². The highest BCUT2D eigenvalue weighted by Crippen LogP contribution is 2.46. The molecule has 0 aliphatic heterocycles. The van der Waals surface area contributed by atoms with Crippen LogP contribution < -0.4 is 15.8 Å². The maximum Gasteiger partial charge on any atom is 0.238 e. The number of nitrogens with two attached hydrogens (primary N) is 1. The van der Waals surface area contributed by atoms with Gasteiger partial charge in [0.1, 0.15) is 5.41 Å². The highest BCUT2D eigenvalue weighted by molar-refractivity contribution is 7.89. The molecule has 0 unspecified atom stereocenters. The van der Waals surface area contributed by atoms with Crippen LogP contribution in [0.2, 0.25) is 0 Å². The standard InChI is InChI=1S/C17H25N3O4S/c1-2-3-11-19-15(21)17(9-10-17)16(22)20-12-8-13-4-6-14(7-5-13)25(18,23)24/h4-7H,2-3,8-12H2,1H3,(H,19,21)(H,20,22)(H2,18,23,24). The molecule has 0 spiro atoms. The summed E-state index contributed by atoms with van der Waals surface area (Å²) in [5, 5.41) is 10.7. The van der Waals surface area contributed by atoms with E-state index >= 15 is 0 Å². The predicted molar refractivity (Wildman–Crippen MR) is 94.1 cm³/mol. The van der Waals surface area contributed by atoms with E-state index in [9.17, 15) is 18.0 Å². The number of hydrogen-bond acceptors (Lipinski definition) is 4. The van der Waals surface area contributed by atoms with Gasteiger partial charge in [0, 0.05) is 13.1 Å². The number of benzene rings is 1. The first kappa shape index (κ1) is 19.4. The molecule has 0 heterocycles. The Morgan fingerprint density at radius 2 is 1.64 bits per heavy atom. The quantitative estimate of drug-likeness (QED) is 0.439. The summed E-state index contributed by atoms with van der Waals surface area (Å²) in [6, 6.07) is 6.21. The van der Waals surface area contributed by atoms with E-state index in [0.717, 1.165) is 18.4 Å². The van der Waals surface area contributed by atoms with E-state index in [1.807, 2.05) is 6.92 Å². The second-order valence-corrected chi connectivity index (χ2v) is 7.95. The van der Waals surface area contributed by atoms with E-state index in [0.29, 0.717) is 32.4 Å². The molecule has 0 saturated heterocycles. The van der Waals surface area contributed by atoms with Crippen molar-refractivity contribution in [2.24, 2.45) is 10.6 Å². The average Bonchev–Trinajstić information content (AvgIpc) is 3.36. The molecule has 1 aromatic rings. The van der Waals surface area contributed by atoms with Crippen LogP contribution in [0.4, 0.5) is 0 Å². The van der Waals surface area contributed by atoms with Gasteiger partial charge >= 0.3 is 0 Å². The van der Waals surface area contributed by atoms with Gasteiger partial charge in [-0.1, -0.05) is 25.5 Å². The van der Waals surface area contributed by atoms with Crippen LogP contribution in [0, 0.1) is 5.41 Å². The summed E-state index contributed by atoms with van der Waals surface area (Å²) in [5.41, 5.74) is -0.0180. The topological polar surface area (TPSA) is 118 Å². The maximum atomic E-state index is 12.3. The fraction of sp³-hybridized carbons (Fsp3) is 0.529. The van der Waals surface area contributed by atoms with Crippen LogP contribution in [0.25, 0.3) is 0 Å². The molecule has 0 radical (unpaired) electrons. The molecular weight excluding hydrogens is 342 g/mol. The van der Waals surface area contributed by atoms with Crippen molar-refractivity contribution in [1.82, 2.24) is 10.6 Å². The number of carbonyl (C=O) groups excluding carboxylic acids is 2.